The van der Waals surface area contributed by atoms with E-state index in [1.165, 1.54) is 6.07 Å². The second kappa shape index (κ2) is 9.03. The van der Waals surface area contributed by atoms with Crippen LogP contribution in [0.5, 0.6) is 0 Å². The van der Waals surface area contributed by atoms with E-state index in [0.29, 0.717) is 31.0 Å². The Morgan fingerprint density at radius 2 is 1.94 bits per heavy atom. The number of amides is 1. The molecule has 0 spiro atoms. The van der Waals surface area contributed by atoms with Gasteiger partial charge in [-0.1, -0.05) is 12.1 Å². The number of benzene rings is 1. The van der Waals surface area contributed by atoms with E-state index < -0.39 is 0 Å². The Bertz CT molecular complexity index is 1310. The summed E-state index contributed by atoms with van der Waals surface area (Å²) in [4.78, 5) is 21.6. The van der Waals surface area contributed by atoms with Crippen molar-refractivity contribution in [2.75, 3.05) is 26.2 Å². The molecule has 1 aliphatic rings. The highest BCUT2D eigenvalue weighted by Gasteiger charge is 2.25. The van der Waals surface area contributed by atoms with Crippen LogP contribution in [0.2, 0.25) is 0 Å². The molecule has 3 aromatic heterocycles. The fraction of sp³-hybridized carbons (Fsp3) is 0.304. The summed E-state index contributed by atoms with van der Waals surface area (Å²) in [6.07, 6.45) is 3.61. The van der Waals surface area contributed by atoms with Gasteiger partial charge in [-0.05, 0) is 46.6 Å². The normalized spacial score (nSPS) is 14.8. The number of hydrogen-bond donors (Lipinski definition) is 0. The zero-order valence-corrected chi connectivity index (χ0v) is 19.7. The predicted octanol–water partition coefficient (Wildman–Crippen LogP) is 3.47. The number of nitrogens with zero attached hydrogens (tertiary/aromatic N) is 7. The molecule has 0 unspecified atom stereocenters. The maximum Gasteiger partial charge on any atom is 0.274 e. The Hall–Kier alpha value is -3.11. The van der Waals surface area contributed by atoms with Gasteiger partial charge in [-0.2, -0.15) is 10.2 Å². The van der Waals surface area contributed by atoms with Crippen molar-refractivity contribution in [3.05, 3.63) is 70.3 Å². The van der Waals surface area contributed by atoms with E-state index in [0.717, 1.165) is 41.1 Å². The van der Waals surface area contributed by atoms with Crippen LogP contribution in [0.15, 0.2) is 53.3 Å². The van der Waals surface area contributed by atoms with Crippen molar-refractivity contribution >= 4 is 27.5 Å². The minimum absolute atomic E-state index is 0.116. The highest BCUT2D eigenvalue weighted by atomic mass is 79.9. The van der Waals surface area contributed by atoms with Gasteiger partial charge in [-0.15, -0.1) is 0 Å². The van der Waals surface area contributed by atoms with E-state index in [-0.39, 0.29) is 11.7 Å². The summed E-state index contributed by atoms with van der Waals surface area (Å²) in [6, 6.07) is 10.2. The lowest BCUT2D eigenvalue weighted by Gasteiger charge is -2.34. The van der Waals surface area contributed by atoms with Crippen LogP contribution < -0.4 is 0 Å². The first-order chi connectivity index (χ1) is 16.0. The van der Waals surface area contributed by atoms with Crippen LogP contribution >= 0.6 is 15.9 Å². The summed E-state index contributed by atoms with van der Waals surface area (Å²) in [5.74, 6) is -0.343. The molecule has 5 rings (SSSR count). The molecule has 10 heteroatoms. The van der Waals surface area contributed by atoms with Crippen LogP contribution in [0, 0.1) is 5.82 Å². The molecule has 0 radical (unpaired) electrons. The summed E-state index contributed by atoms with van der Waals surface area (Å²) >= 11 is 3.57. The second-order valence-electron chi connectivity index (χ2n) is 8.01. The third-order valence-corrected chi connectivity index (χ3v) is 6.40. The molecule has 1 amide bonds. The van der Waals surface area contributed by atoms with E-state index in [1.807, 2.05) is 34.8 Å². The Labute approximate surface area is 198 Å². The summed E-state index contributed by atoms with van der Waals surface area (Å²) in [5, 5.41) is 9.17. The molecule has 0 atom stereocenters. The van der Waals surface area contributed by atoms with E-state index in [9.17, 15) is 9.18 Å². The van der Waals surface area contributed by atoms with Gasteiger partial charge in [-0.3, -0.25) is 14.4 Å². The molecule has 0 aliphatic carbocycles. The SMILES string of the molecule is CCn1cc(Br)c(-c2ccnc3cc(C(=O)N4CCN(Cc5cccc(F)c5)CC4)nn23)n1. The monoisotopic (exact) mass is 511 g/mol. The van der Waals surface area contributed by atoms with Gasteiger partial charge in [0.05, 0.1) is 10.2 Å². The lowest BCUT2D eigenvalue weighted by atomic mass is 10.2. The van der Waals surface area contributed by atoms with E-state index in [2.05, 4.69) is 36.0 Å². The summed E-state index contributed by atoms with van der Waals surface area (Å²) in [7, 11) is 0. The third-order valence-electron chi connectivity index (χ3n) is 5.82. The van der Waals surface area contributed by atoms with Gasteiger partial charge < -0.3 is 4.90 Å². The van der Waals surface area contributed by atoms with E-state index >= 15 is 0 Å². The Kier molecular flexibility index (Phi) is 5.94. The lowest BCUT2D eigenvalue weighted by molar-refractivity contribution is 0.0622. The van der Waals surface area contributed by atoms with Crippen molar-refractivity contribution in [3.8, 4) is 11.4 Å². The molecular weight excluding hydrogens is 489 g/mol. The molecule has 1 aromatic carbocycles. The van der Waals surface area contributed by atoms with Crippen molar-refractivity contribution in [1.82, 2.24) is 34.2 Å². The lowest BCUT2D eigenvalue weighted by Crippen LogP contribution is -2.48. The van der Waals surface area contributed by atoms with Crippen LogP contribution in [-0.2, 0) is 13.1 Å². The number of aryl methyl sites for hydroxylation is 1. The molecule has 4 heterocycles. The van der Waals surface area contributed by atoms with Gasteiger partial charge in [0.15, 0.2) is 11.3 Å². The molecule has 0 saturated carbocycles. The Morgan fingerprint density at radius 1 is 1.12 bits per heavy atom. The average molecular weight is 512 g/mol. The molecule has 170 valence electrons. The number of carbonyl (C=O) groups is 1. The smallest absolute Gasteiger partial charge is 0.274 e. The first-order valence-corrected chi connectivity index (χ1v) is 11.7. The minimum atomic E-state index is -0.227. The van der Waals surface area contributed by atoms with Gasteiger partial charge in [0, 0.05) is 57.7 Å². The highest BCUT2D eigenvalue weighted by molar-refractivity contribution is 9.10. The van der Waals surface area contributed by atoms with Crippen LogP contribution in [0.25, 0.3) is 17.0 Å². The zero-order chi connectivity index (χ0) is 22.9. The van der Waals surface area contributed by atoms with Crippen molar-refractivity contribution in [1.29, 1.82) is 0 Å². The topological polar surface area (TPSA) is 71.6 Å². The fourth-order valence-corrected chi connectivity index (χ4v) is 4.60. The highest BCUT2D eigenvalue weighted by Crippen LogP contribution is 2.27. The number of aromatic nitrogens is 5. The van der Waals surface area contributed by atoms with Crippen molar-refractivity contribution in [3.63, 3.8) is 0 Å². The van der Waals surface area contributed by atoms with Crippen molar-refractivity contribution in [2.45, 2.75) is 20.0 Å². The molecule has 1 aliphatic heterocycles. The molecule has 8 nitrogen and oxygen atoms in total. The van der Waals surface area contributed by atoms with Crippen LogP contribution in [0.3, 0.4) is 0 Å². The quantitative estimate of drug-likeness (QED) is 0.410. The first kappa shape index (κ1) is 21.7. The molecular formula is C23H23BrFN7O. The molecule has 1 saturated heterocycles. The second-order valence-corrected chi connectivity index (χ2v) is 8.86. The zero-order valence-electron chi connectivity index (χ0n) is 18.2. The molecule has 1 fully saturated rings. The van der Waals surface area contributed by atoms with Gasteiger partial charge >= 0.3 is 0 Å². The predicted molar refractivity (Wildman–Crippen MR) is 125 cm³/mol. The summed E-state index contributed by atoms with van der Waals surface area (Å²) in [6.45, 7) is 6.07. The molecule has 0 bridgehead atoms. The minimum Gasteiger partial charge on any atom is -0.335 e. The summed E-state index contributed by atoms with van der Waals surface area (Å²) in [5.41, 5.74) is 3.40. The maximum atomic E-state index is 13.4. The van der Waals surface area contributed by atoms with Crippen LogP contribution in [0.4, 0.5) is 4.39 Å². The van der Waals surface area contributed by atoms with Crippen LogP contribution in [0.1, 0.15) is 23.0 Å². The van der Waals surface area contributed by atoms with Gasteiger partial charge in [0.1, 0.15) is 11.5 Å². The van der Waals surface area contributed by atoms with Crippen molar-refractivity contribution < 1.29 is 9.18 Å². The van der Waals surface area contributed by atoms with Crippen LogP contribution in [-0.4, -0.2) is 66.3 Å². The average Bonchev–Trinajstić information content (AvgIpc) is 3.42. The first-order valence-electron chi connectivity index (χ1n) is 10.9. The maximum absolute atomic E-state index is 13.4. The van der Waals surface area contributed by atoms with Gasteiger partial charge in [0.2, 0.25) is 0 Å². The number of hydrogen-bond acceptors (Lipinski definition) is 5. The largest absolute Gasteiger partial charge is 0.335 e. The molecule has 4 aromatic rings. The molecule has 33 heavy (non-hydrogen) atoms. The number of carbonyl (C=O) groups excluding carboxylic acids is 1. The number of piperazine rings is 1. The van der Waals surface area contributed by atoms with Gasteiger partial charge in [-0.25, -0.2) is 13.9 Å². The van der Waals surface area contributed by atoms with E-state index in [1.54, 1.807) is 28.9 Å². The number of fused-ring (bicyclic) bond motifs is 1. The third kappa shape index (κ3) is 4.40. The number of rotatable bonds is 5. The van der Waals surface area contributed by atoms with Gasteiger partial charge in [0.25, 0.3) is 5.91 Å². The summed E-state index contributed by atoms with van der Waals surface area (Å²) < 4.78 is 17.8. The Morgan fingerprint density at radius 3 is 2.67 bits per heavy atom. The standard InChI is InChI=1S/C23H23BrFN7O/c1-2-31-15-18(24)22(28-31)20-6-7-26-21-13-19(27-32(20)21)23(33)30-10-8-29(9-11-30)14-16-4-3-5-17(25)12-16/h3-7,12-13,15H,2,8-11,14H2,1H3. The Balaban J connectivity index is 1.32. The molecule has 0 N–H and O–H groups in total. The fourth-order valence-electron chi connectivity index (χ4n) is 4.08. The van der Waals surface area contributed by atoms with E-state index in [4.69, 9.17) is 0 Å². The van der Waals surface area contributed by atoms with Crippen molar-refractivity contribution in [2.24, 2.45) is 0 Å². The number of halogens is 2.